The van der Waals surface area contributed by atoms with Crippen molar-refractivity contribution in [2.45, 2.75) is 38.1 Å². The first-order valence-corrected chi connectivity index (χ1v) is 7.58. The van der Waals surface area contributed by atoms with Gasteiger partial charge in [-0.25, -0.2) is 4.79 Å². The first kappa shape index (κ1) is 15.3. The van der Waals surface area contributed by atoms with Gasteiger partial charge in [0.1, 0.15) is 11.1 Å². The number of H-pyrrole nitrogens is 1. The van der Waals surface area contributed by atoms with Crippen LogP contribution in [0.5, 0.6) is 0 Å². The molecular weight excluding hydrogens is 300 g/mol. The Kier molecular flexibility index (Phi) is 3.67. The minimum absolute atomic E-state index is 0.161. The summed E-state index contributed by atoms with van der Waals surface area (Å²) >= 11 is 0. The number of aromatic amines is 1. The van der Waals surface area contributed by atoms with Crippen molar-refractivity contribution in [2.24, 2.45) is 5.92 Å². The molecule has 3 rings (SSSR count). The molecule has 8 heteroatoms. The molecule has 1 aromatic rings. The summed E-state index contributed by atoms with van der Waals surface area (Å²) in [5.41, 5.74) is 0.555. The minimum atomic E-state index is -0.931. The quantitative estimate of drug-likeness (QED) is 0.690. The number of hydrazine groups is 1. The number of rotatable bonds is 2. The Hall–Kier alpha value is -2.64. The lowest BCUT2D eigenvalue weighted by atomic mass is 9.77. The van der Waals surface area contributed by atoms with Gasteiger partial charge in [0.15, 0.2) is 0 Å². The SMILES string of the molecule is CC1CCC2(CC1)NC(=O)N(NC(=O)c1ccc[nH]c1=O)C2=O. The zero-order valence-electron chi connectivity index (χ0n) is 12.7. The third-order valence-electron chi connectivity index (χ3n) is 4.57. The Morgan fingerprint density at radius 3 is 2.65 bits per heavy atom. The van der Waals surface area contributed by atoms with E-state index in [1.165, 1.54) is 18.3 Å². The molecule has 3 N–H and O–H groups in total. The summed E-state index contributed by atoms with van der Waals surface area (Å²) in [5.74, 6) is -0.747. The molecule has 8 nitrogen and oxygen atoms in total. The zero-order valence-corrected chi connectivity index (χ0v) is 12.7. The molecule has 0 unspecified atom stereocenters. The van der Waals surface area contributed by atoms with Crippen molar-refractivity contribution in [3.63, 3.8) is 0 Å². The fraction of sp³-hybridized carbons (Fsp3) is 0.467. The maximum atomic E-state index is 12.6. The predicted molar refractivity (Wildman–Crippen MR) is 80.3 cm³/mol. The van der Waals surface area contributed by atoms with Crippen molar-refractivity contribution < 1.29 is 14.4 Å². The van der Waals surface area contributed by atoms with Crippen LogP contribution < -0.4 is 16.3 Å². The monoisotopic (exact) mass is 318 g/mol. The molecule has 23 heavy (non-hydrogen) atoms. The van der Waals surface area contributed by atoms with Crippen LogP contribution in [0.1, 0.15) is 43.0 Å². The maximum Gasteiger partial charge on any atom is 0.344 e. The molecule has 2 aliphatic rings. The standard InChI is InChI=1S/C15H18N4O4/c1-9-4-6-15(7-5-9)13(22)19(14(23)17-15)18-12(21)10-3-2-8-16-11(10)20/h2-3,8-9H,4-7H2,1H3,(H,16,20)(H,17,23)(H,18,21). The van der Waals surface area contributed by atoms with Crippen LogP contribution in [0.15, 0.2) is 23.1 Å². The number of nitrogens with zero attached hydrogens (tertiary/aromatic N) is 1. The first-order valence-electron chi connectivity index (χ1n) is 7.58. The number of carbonyl (C=O) groups is 3. The number of hydrogen-bond donors (Lipinski definition) is 3. The molecule has 2 heterocycles. The van der Waals surface area contributed by atoms with Crippen LogP contribution in [0, 0.1) is 5.92 Å². The van der Waals surface area contributed by atoms with E-state index in [0.717, 1.165) is 12.8 Å². The Bertz CT molecular complexity index is 718. The van der Waals surface area contributed by atoms with Crippen LogP contribution in [0.2, 0.25) is 0 Å². The van der Waals surface area contributed by atoms with Gasteiger partial charge in [0.2, 0.25) is 0 Å². The van der Waals surface area contributed by atoms with Gasteiger partial charge in [0, 0.05) is 6.20 Å². The van der Waals surface area contributed by atoms with E-state index >= 15 is 0 Å². The average Bonchev–Trinajstić information content (AvgIpc) is 2.75. The third kappa shape index (κ3) is 2.60. The maximum absolute atomic E-state index is 12.6. The largest absolute Gasteiger partial charge is 0.344 e. The van der Waals surface area contributed by atoms with Gasteiger partial charge in [0.25, 0.3) is 17.4 Å². The van der Waals surface area contributed by atoms with Gasteiger partial charge in [-0.15, -0.1) is 0 Å². The minimum Gasteiger partial charge on any atom is -0.328 e. The van der Waals surface area contributed by atoms with E-state index < -0.39 is 28.9 Å². The predicted octanol–water partition coefficient (Wildman–Crippen LogP) is 0.520. The smallest absolute Gasteiger partial charge is 0.328 e. The number of aromatic nitrogens is 1. The lowest BCUT2D eigenvalue weighted by molar-refractivity contribution is -0.134. The molecule has 2 fully saturated rings. The van der Waals surface area contributed by atoms with Crippen LogP contribution in [-0.4, -0.2) is 33.4 Å². The van der Waals surface area contributed by atoms with E-state index in [0.29, 0.717) is 23.8 Å². The van der Waals surface area contributed by atoms with Gasteiger partial charge in [-0.05, 0) is 43.7 Å². The van der Waals surface area contributed by atoms with E-state index in [4.69, 9.17) is 0 Å². The summed E-state index contributed by atoms with van der Waals surface area (Å²) < 4.78 is 0. The molecule has 1 saturated carbocycles. The molecule has 0 bridgehead atoms. The fourth-order valence-corrected chi connectivity index (χ4v) is 3.08. The Morgan fingerprint density at radius 1 is 1.30 bits per heavy atom. The third-order valence-corrected chi connectivity index (χ3v) is 4.57. The molecule has 4 amide bonds. The van der Waals surface area contributed by atoms with Crippen LogP contribution >= 0.6 is 0 Å². The van der Waals surface area contributed by atoms with Gasteiger partial charge in [-0.2, -0.15) is 5.01 Å². The number of carbonyl (C=O) groups excluding carboxylic acids is 3. The van der Waals surface area contributed by atoms with Crippen molar-refractivity contribution in [1.29, 1.82) is 0 Å². The Labute approximate surface area is 132 Å². The van der Waals surface area contributed by atoms with E-state index in [9.17, 15) is 19.2 Å². The molecular formula is C15H18N4O4. The van der Waals surface area contributed by atoms with Crippen LogP contribution in [0.25, 0.3) is 0 Å². The summed E-state index contributed by atoms with van der Waals surface area (Å²) in [7, 11) is 0. The molecule has 0 radical (unpaired) electrons. The lowest BCUT2D eigenvalue weighted by Gasteiger charge is -2.33. The molecule has 1 aliphatic carbocycles. The molecule has 1 spiro atoms. The highest BCUT2D eigenvalue weighted by Crippen LogP contribution is 2.35. The van der Waals surface area contributed by atoms with Crippen LogP contribution in [0.4, 0.5) is 4.79 Å². The molecule has 1 saturated heterocycles. The van der Waals surface area contributed by atoms with Crippen molar-refractivity contribution >= 4 is 17.8 Å². The second-order valence-electron chi connectivity index (χ2n) is 6.19. The van der Waals surface area contributed by atoms with Crippen LogP contribution in [0.3, 0.4) is 0 Å². The Balaban J connectivity index is 1.78. The Morgan fingerprint density at radius 2 is 2.00 bits per heavy atom. The summed E-state index contributed by atoms with van der Waals surface area (Å²) in [4.78, 5) is 50.8. The highest BCUT2D eigenvalue weighted by Gasteiger charge is 2.52. The second kappa shape index (κ2) is 5.53. The number of imide groups is 1. The van der Waals surface area contributed by atoms with Crippen LogP contribution in [-0.2, 0) is 4.79 Å². The highest BCUT2D eigenvalue weighted by molar-refractivity contribution is 6.09. The summed E-state index contributed by atoms with van der Waals surface area (Å²) in [6.45, 7) is 2.11. The first-order chi connectivity index (χ1) is 10.9. The summed E-state index contributed by atoms with van der Waals surface area (Å²) in [5, 5.41) is 3.38. The normalized spacial score (nSPS) is 27.2. The molecule has 0 atom stereocenters. The van der Waals surface area contributed by atoms with Gasteiger partial charge < -0.3 is 10.3 Å². The van der Waals surface area contributed by atoms with Crippen molar-refractivity contribution in [1.82, 2.24) is 20.7 Å². The summed E-state index contributed by atoms with van der Waals surface area (Å²) in [6, 6.07) is 2.15. The molecule has 1 aromatic heterocycles. The van der Waals surface area contributed by atoms with Crippen molar-refractivity contribution in [2.75, 3.05) is 0 Å². The van der Waals surface area contributed by atoms with Gasteiger partial charge in [-0.1, -0.05) is 6.92 Å². The molecule has 0 aromatic carbocycles. The highest BCUT2D eigenvalue weighted by atomic mass is 16.2. The van der Waals surface area contributed by atoms with E-state index in [1.807, 2.05) is 0 Å². The van der Waals surface area contributed by atoms with Gasteiger partial charge >= 0.3 is 6.03 Å². The zero-order chi connectivity index (χ0) is 16.6. The van der Waals surface area contributed by atoms with Crippen molar-refractivity contribution in [3.8, 4) is 0 Å². The number of hydrogen-bond acceptors (Lipinski definition) is 4. The van der Waals surface area contributed by atoms with E-state index in [-0.39, 0.29) is 5.56 Å². The molecule has 1 aliphatic heterocycles. The average molecular weight is 318 g/mol. The second-order valence-corrected chi connectivity index (χ2v) is 6.19. The topological polar surface area (TPSA) is 111 Å². The lowest BCUT2D eigenvalue weighted by Crippen LogP contribution is -2.51. The molecule has 122 valence electrons. The number of nitrogens with one attached hydrogen (secondary N) is 3. The number of urea groups is 1. The van der Waals surface area contributed by atoms with Crippen molar-refractivity contribution in [3.05, 3.63) is 34.2 Å². The van der Waals surface area contributed by atoms with E-state index in [1.54, 1.807) is 0 Å². The van der Waals surface area contributed by atoms with E-state index in [2.05, 4.69) is 22.7 Å². The fourth-order valence-electron chi connectivity index (χ4n) is 3.08. The van der Waals surface area contributed by atoms with Gasteiger partial charge in [0.05, 0.1) is 0 Å². The number of amides is 4. The number of pyridine rings is 1. The summed E-state index contributed by atoms with van der Waals surface area (Å²) in [6.07, 6.45) is 4.18. The van der Waals surface area contributed by atoms with Gasteiger partial charge in [-0.3, -0.25) is 19.8 Å².